The van der Waals surface area contributed by atoms with Gasteiger partial charge in [0, 0.05) is 16.3 Å². The van der Waals surface area contributed by atoms with Gasteiger partial charge in [-0.25, -0.2) is 0 Å². The van der Waals surface area contributed by atoms with Gasteiger partial charge in [-0.1, -0.05) is 28.1 Å². The predicted octanol–water partition coefficient (Wildman–Crippen LogP) is 4.95. The molecule has 0 unspecified atom stereocenters. The highest BCUT2D eigenvalue weighted by atomic mass is 79.9. The summed E-state index contributed by atoms with van der Waals surface area (Å²) in [5, 5.41) is 3.00. The Kier molecular flexibility index (Phi) is 3.87. The van der Waals surface area contributed by atoms with E-state index in [1.807, 2.05) is 18.2 Å². The molecule has 24 heavy (non-hydrogen) atoms. The lowest BCUT2D eigenvalue weighted by molar-refractivity contribution is -0.123. The van der Waals surface area contributed by atoms with Gasteiger partial charge in [-0.05, 0) is 74.8 Å². The number of amides is 1. The molecule has 1 aromatic carbocycles. The van der Waals surface area contributed by atoms with Crippen molar-refractivity contribution in [2.24, 2.45) is 17.3 Å². The topological polar surface area (TPSA) is 46.2 Å². The summed E-state index contributed by atoms with van der Waals surface area (Å²) < 4.78 is 0.272. The highest BCUT2D eigenvalue weighted by Gasteiger charge is 2.57. The molecule has 2 atom stereocenters. The first kappa shape index (κ1) is 16.3. The van der Waals surface area contributed by atoms with Crippen molar-refractivity contribution in [3.8, 4) is 0 Å². The Balaban J connectivity index is 1.50. The summed E-state index contributed by atoms with van der Waals surface area (Å²) in [4.78, 5) is 24.5. The zero-order chi connectivity index (χ0) is 16.9. The van der Waals surface area contributed by atoms with Crippen LogP contribution in [0.3, 0.4) is 0 Å². The molecule has 4 aliphatic rings. The number of benzene rings is 1. The zero-order valence-electron chi connectivity index (χ0n) is 14.1. The van der Waals surface area contributed by atoms with Crippen molar-refractivity contribution in [3.63, 3.8) is 0 Å². The number of carbonyl (C=O) groups is 2. The molecular formula is C20H24BrNO2. The summed E-state index contributed by atoms with van der Waals surface area (Å²) in [7, 11) is 0. The van der Waals surface area contributed by atoms with Crippen LogP contribution in [0.25, 0.3) is 0 Å². The second-order valence-electron chi connectivity index (χ2n) is 8.44. The maximum atomic E-state index is 12.7. The first-order chi connectivity index (χ1) is 11.4. The summed E-state index contributed by atoms with van der Waals surface area (Å²) in [6.07, 6.45) is 8.00. The number of Topliss-reactive ketones (excluding diaryl/α,β-unsaturated/α-hetero) is 1. The van der Waals surface area contributed by atoms with Gasteiger partial charge in [0.15, 0.2) is 5.78 Å². The van der Waals surface area contributed by atoms with Crippen LogP contribution in [0.5, 0.6) is 0 Å². The quantitative estimate of drug-likeness (QED) is 0.584. The number of para-hydroxylation sites is 1. The Hall–Kier alpha value is -1.16. The van der Waals surface area contributed by atoms with Crippen molar-refractivity contribution < 1.29 is 9.59 Å². The van der Waals surface area contributed by atoms with Crippen molar-refractivity contribution in [2.75, 3.05) is 5.32 Å². The smallest absolute Gasteiger partial charge is 0.224 e. The van der Waals surface area contributed by atoms with Gasteiger partial charge in [0.05, 0.1) is 5.69 Å². The third-order valence-electron chi connectivity index (χ3n) is 6.23. The van der Waals surface area contributed by atoms with E-state index >= 15 is 0 Å². The summed E-state index contributed by atoms with van der Waals surface area (Å²) >= 11 is 4.00. The number of halogens is 1. The minimum atomic E-state index is -0.0138. The van der Waals surface area contributed by atoms with Crippen LogP contribution in [-0.2, 0) is 4.79 Å². The van der Waals surface area contributed by atoms with Crippen molar-refractivity contribution in [2.45, 2.75) is 56.2 Å². The Labute approximate surface area is 151 Å². The van der Waals surface area contributed by atoms with Crippen molar-refractivity contribution >= 4 is 33.3 Å². The molecule has 4 heteroatoms. The van der Waals surface area contributed by atoms with Crippen LogP contribution in [0.15, 0.2) is 24.3 Å². The van der Waals surface area contributed by atoms with Crippen LogP contribution < -0.4 is 5.32 Å². The lowest BCUT2D eigenvalue weighted by Gasteiger charge is -2.60. The maximum Gasteiger partial charge on any atom is 0.224 e. The molecule has 4 saturated carbocycles. The Morgan fingerprint density at radius 2 is 1.83 bits per heavy atom. The predicted molar refractivity (Wildman–Crippen MR) is 98.5 cm³/mol. The normalized spacial score (nSPS) is 36.6. The first-order valence-corrected chi connectivity index (χ1v) is 9.75. The number of alkyl halides is 1. The van der Waals surface area contributed by atoms with Crippen molar-refractivity contribution in [1.29, 1.82) is 0 Å². The van der Waals surface area contributed by atoms with Crippen LogP contribution in [-0.4, -0.2) is 16.0 Å². The Morgan fingerprint density at radius 1 is 1.17 bits per heavy atom. The summed E-state index contributed by atoms with van der Waals surface area (Å²) in [6, 6.07) is 7.29. The molecule has 4 aliphatic carbocycles. The van der Waals surface area contributed by atoms with E-state index in [1.165, 1.54) is 32.1 Å². The fraction of sp³-hybridized carbons (Fsp3) is 0.600. The van der Waals surface area contributed by atoms with E-state index in [-0.39, 0.29) is 21.4 Å². The van der Waals surface area contributed by atoms with Crippen LogP contribution in [0.4, 0.5) is 5.69 Å². The molecule has 0 saturated heterocycles. The number of hydrogen-bond acceptors (Lipinski definition) is 2. The molecule has 1 amide bonds. The van der Waals surface area contributed by atoms with E-state index in [4.69, 9.17) is 0 Å². The average molecular weight is 390 g/mol. The highest BCUT2D eigenvalue weighted by Crippen LogP contribution is 2.65. The molecule has 1 aromatic rings. The second-order valence-corrected chi connectivity index (χ2v) is 10.1. The number of carbonyl (C=O) groups excluding carboxylic acids is 2. The Morgan fingerprint density at radius 3 is 2.46 bits per heavy atom. The number of nitrogens with one attached hydrogen (secondary N) is 1. The molecule has 0 radical (unpaired) electrons. The van der Waals surface area contributed by atoms with Crippen LogP contribution in [0.2, 0.25) is 0 Å². The average Bonchev–Trinajstić information content (AvgIpc) is 2.43. The van der Waals surface area contributed by atoms with E-state index in [9.17, 15) is 9.59 Å². The van der Waals surface area contributed by atoms with Crippen molar-refractivity contribution in [1.82, 2.24) is 0 Å². The summed E-state index contributed by atoms with van der Waals surface area (Å²) in [5.74, 6) is 1.60. The molecule has 4 fully saturated rings. The standard InChI is InChI=1S/C20H24BrNO2/c1-13(23)16-4-2-3-5-17(16)22-18(24)11-19-7-14-6-15(8-19)10-20(21,9-14)12-19/h2-5,14-15H,6-12H2,1H3,(H,22,24)/t14-,15-,19?,20?/m1/s1. The van der Waals surface area contributed by atoms with E-state index < -0.39 is 0 Å². The Bertz CT molecular complexity index is 685. The molecule has 0 heterocycles. The first-order valence-electron chi connectivity index (χ1n) is 8.95. The molecule has 128 valence electrons. The molecule has 0 aliphatic heterocycles. The fourth-order valence-electron chi connectivity index (χ4n) is 5.98. The minimum Gasteiger partial charge on any atom is -0.325 e. The molecular weight excluding hydrogens is 366 g/mol. The van der Waals surface area contributed by atoms with Crippen molar-refractivity contribution in [3.05, 3.63) is 29.8 Å². The van der Waals surface area contributed by atoms with Gasteiger partial charge in [0.1, 0.15) is 0 Å². The second kappa shape index (κ2) is 5.69. The van der Waals surface area contributed by atoms with Gasteiger partial charge in [-0.3, -0.25) is 9.59 Å². The van der Waals surface area contributed by atoms with Gasteiger partial charge < -0.3 is 5.32 Å². The van der Waals surface area contributed by atoms with E-state index in [0.29, 0.717) is 17.7 Å². The number of hydrogen-bond donors (Lipinski definition) is 1. The van der Waals surface area contributed by atoms with Gasteiger partial charge in [0.25, 0.3) is 0 Å². The number of anilines is 1. The van der Waals surface area contributed by atoms with E-state index in [0.717, 1.165) is 18.3 Å². The van der Waals surface area contributed by atoms with Gasteiger partial charge >= 0.3 is 0 Å². The zero-order valence-corrected chi connectivity index (χ0v) is 15.7. The van der Waals surface area contributed by atoms with Crippen LogP contribution in [0, 0.1) is 17.3 Å². The molecule has 5 rings (SSSR count). The molecule has 4 bridgehead atoms. The number of ketones is 1. The van der Waals surface area contributed by atoms with Crippen LogP contribution in [0.1, 0.15) is 62.2 Å². The largest absolute Gasteiger partial charge is 0.325 e. The third kappa shape index (κ3) is 2.94. The maximum absolute atomic E-state index is 12.7. The highest BCUT2D eigenvalue weighted by molar-refractivity contribution is 9.10. The fourth-order valence-corrected chi connectivity index (χ4v) is 7.49. The van der Waals surface area contributed by atoms with Crippen LogP contribution >= 0.6 is 15.9 Å². The lowest BCUT2D eigenvalue weighted by atomic mass is 9.48. The molecule has 0 aromatic heterocycles. The molecule has 0 spiro atoms. The van der Waals surface area contributed by atoms with E-state index in [2.05, 4.69) is 21.2 Å². The van der Waals surface area contributed by atoms with Gasteiger partial charge in [-0.2, -0.15) is 0 Å². The number of rotatable bonds is 4. The monoisotopic (exact) mass is 389 g/mol. The SMILES string of the molecule is CC(=O)c1ccccc1NC(=O)CC12C[C@H]3C[C@@H](CC(Br)(C3)C1)C2. The summed E-state index contributed by atoms with van der Waals surface area (Å²) in [6.45, 7) is 1.54. The minimum absolute atomic E-state index is 0.0138. The van der Waals surface area contributed by atoms with Gasteiger partial charge in [0.2, 0.25) is 5.91 Å². The molecule has 1 N–H and O–H groups in total. The molecule has 3 nitrogen and oxygen atoms in total. The lowest BCUT2D eigenvalue weighted by Crippen LogP contribution is -2.53. The van der Waals surface area contributed by atoms with Gasteiger partial charge in [-0.15, -0.1) is 0 Å². The third-order valence-corrected chi connectivity index (χ3v) is 7.15. The van der Waals surface area contributed by atoms with E-state index in [1.54, 1.807) is 13.0 Å². The summed E-state index contributed by atoms with van der Waals surface area (Å²) in [5.41, 5.74) is 1.39.